The Labute approximate surface area is 156 Å². The fourth-order valence-corrected chi connectivity index (χ4v) is 4.86. The quantitative estimate of drug-likeness (QED) is 0.879. The van der Waals surface area contributed by atoms with Crippen molar-refractivity contribution in [2.45, 2.75) is 31.7 Å². The average molecular weight is 374 g/mol. The first-order valence-electron chi connectivity index (χ1n) is 9.35. The number of halogens is 1. The van der Waals surface area contributed by atoms with Crippen molar-refractivity contribution in [3.63, 3.8) is 0 Å². The van der Waals surface area contributed by atoms with Crippen LogP contribution in [0.2, 0.25) is 0 Å². The van der Waals surface area contributed by atoms with Gasteiger partial charge in [-0.25, -0.2) is 4.39 Å². The highest BCUT2D eigenvalue weighted by Gasteiger charge is 2.59. The lowest BCUT2D eigenvalue weighted by molar-refractivity contribution is -0.140. The summed E-state index contributed by atoms with van der Waals surface area (Å²) in [6.45, 7) is 1.07. The van der Waals surface area contributed by atoms with Crippen LogP contribution in [0.5, 0.6) is 0 Å². The molecule has 1 aromatic carbocycles. The molecule has 2 heterocycles. The van der Waals surface area contributed by atoms with Crippen LogP contribution < -0.4 is 0 Å². The molecule has 1 spiro atoms. The number of carbonyl (C=O) groups excluding carboxylic acids is 2. The van der Waals surface area contributed by atoms with E-state index < -0.39 is 17.9 Å². The Kier molecular flexibility index (Phi) is 4.20. The minimum atomic E-state index is -0.742. The average Bonchev–Trinajstić information content (AvgIpc) is 3.27. The van der Waals surface area contributed by atoms with Crippen LogP contribution in [0.4, 0.5) is 4.39 Å². The van der Waals surface area contributed by atoms with Gasteiger partial charge in [-0.15, -0.1) is 0 Å². The Balaban J connectivity index is 1.48. The number of hydrogen-bond donors (Lipinski definition) is 1. The largest absolute Gasteiger partial charge is 0.481 e. The molecule has 2 amide bonds. The van der Waals surface area contributed by atoms with Crippen molar-refractivity contribution in [1.29, 1.82) is 0 Å². The van der Waals surface area contributed by atoms with E-state index in [0.29, 0.717) is 32.4 Å². The summed E-state index contributed by atoms with van der Waals surface area (Å²) in [6.07, 6.45) is 2.25. The van der Waals surface area contributed by atoms with Crippen LogP contribution in [0.1, 0.15) is 37.3 Å². The van der Waals surface area contributed by atoms with Gasteiger partial charge in [-0.2, -0.15) is 0 Å². The normalized spacial score (nSPS) is 29.3. The van der Waals surface area contributed by atoms with Crippen molar-refractivity contribution in [3.05, 3.63) is 35.6 Å². The summed E-state index contributed by atoms with van der Waals surface area (Å²) in [7, 11) is 1.68. The summed E-state index contributed by atoms with van der Waals surface area (Å²) < 4.78 is 13.3. The second kappa shape index (κ2) is 6.32. The molecule has 6 nitrogen and oxygen atoms in total. The van der Waals surface area contributed by atoms with Gasteiger partial charge >= 0.3 is 5.97 Å². The number of likely N-dealkylation sites (tertiary alicyclic amines) is 2. The molecule has 3 fully saturated rings. The van der Waals surface area contributed by atoms with E-state index in [4.69, 9.17) is 0 Å². The maximum absolute atomic E-state index is 13.3. The number of hydrogen-bond acceptors (Lipinski definition) is 3. The molecule has 2 aliphatic heterocycles. The van der Waals surface area contributed by atoms with Gasteiger partial charge in [-0.05, 0) is 42.4 Å². The number of carbonyl (C=O) groups is 3. The lowest BCUT2D eigenvalue weighted by Gasteiger charge is -2.35. The number of aliphatic carboxylic acids is 1. The van der Waals surface area contributed by atoms with Crippen LogP contribution in [0.25, 0.3) is 0 Å². The van der Waals surface area contributed by atoms with E-state index in [1.54, 1.807) is 29.0 Å². The standard InChI is InChI=1S/C20H23FN2O4/c1-22-16(24)10-14(17(22)12-2-4-13(21)5-3-12)18(25)23-8-6-20(7-9-23)11-15(20)19(26)27/h2-5,14-15,17H,6-11H2,1H3,(H,26,27). The molecular weight excluding hydrogens is 351 g/mol. The van der Waals surface area contributed by atoms with E-state index in [9.17, 15) is 23.9 Å². The van der Waals surface area contributed by atoms with E-state index in [0.717, 1.165) is 5.56 Å². The zero-order valence-electron chi connectivity index (χ0n) is 15.2. The van der Waals surface area contributed by atoms with Crippen LogP contribution in [-0.2, 0) is 14.4 Å². The maximum Gasteiger partial charge on any atom is 0.307 e. The third-order valence-electron chi connectivity index (χ3n) is 6.67. The smallest absolute Gasteiger partial charge is 0.307 e. The van der Waals surface area contributed by atoms with E-state index in [1.165, 1.54) is 12.1 Å². The molecule has 1 aromatic rings. The summed E-state index contributed by atoms with van der Waals surface area (Å²) in [5.41, 5.74) is 0.617. The fourth-order valence-electron chi connectivity index (χ4n) is 4.86. The van der Waals surface area contributed by atoms with Gasteiger partial charge in [-0.1, -0.05) is 12.1 Å². The van der Waals surface area contributed by atoms with E-state index in [-0.39, 0.29) is 35.4 Å². The molecular formula is C20H23FN2O4. The Morgan fingerprint density at radius 2 is 1.81 bits per heavy atom. The van der Waals surface area contributed by atoms with Gasteiger partial charge in [0.15, 0.2) is 0 Å². The predicted molar refractivity (Wildman–Crippen MR) is 94.0 cm³/mol. The lowest BCUT2D eigenvalue weighted by Crippen LogP contribution is -2.44. The molecule has 1 N–H and O–H groups in total. The molecule has 27 heavy (non-hydrogen) atoms. The molecule has 0 aromatic heterocycles. The molecule has 1 aliphatic carbocycles. The maximum atomic E-state index is 13.3. The SMILES string of the molecule is CN1C(=O)CC(C(=O)N2CCC3(CC2)CC3C(=O)O)C1c1ccc(F)cc1. The highest BCUT2D eigenvalue weighted by atomic mass is 19.1. The van der Waals surface area contributed by atoms with Crippen LogP contribution in [0, 0.1) is 23.1 Å². The molecule has 2 saturated heterocycles. The van der Waals surface area contributed by atoms with Crippen molar-refractivity contribution in [2.75, 3.05) is 20.1 Å². The predicted octanol–water partition coefficient (Wildman–Crippen LogP) is 2.06. The van der Waals surface area contributed by atoms with Crippen LogP contribution in [0.15, 0.2) is 24.3 Å². The molecule has 3 unspecified atom stereocenters. The summed E-state index contributed by atoms with van der Waals surface area (Å²) in [5.74, 6) is -2.02. The first-order chi connectivity index (χ1) is 12.8. The highest BCUT2D eigenvalue weighted by Crippen LogP contribution is 2.59. The number of rotatable bonds is 3. The van der Waals surface area contributed by atoms with Gasteiger partial charge in [0.2, 0.25) is 11.8 Å². The van der Waals surface area contributed by atoms with Crippen LogP contribution >= 0.6 is 0 Å². The fraction of sp³-hybridized carbons (Fsp3) is 0.550. The summed E-state index contributed by atoms with van der Waals surface area (Å²) in [6, 6.07) is 5.55. The number of amides is 2. The minimum Gasteiger partial charge on any atom is -0.481 e. The number of benzene rings is 1. The number of carboxylic acids is 1. The van der Waals surface area contributed by atoms with E-state index in [2.05, 4.69) is 0 Å². The molecule has 4 rings (SSSR count). The first-order valence-corrected chi connectivity index (χ1v) is 9.35. The van der Waals surface area contributed by atoms with Crippen molar-refractivity contribution in [2.24, 2.45) is 17.3 Å². The Bertz CT molecular complexity index is 786. The van der Waals surface area contributed by atoms with Crippen LogP contribution in [-0.4, -0.2) is 52.8 Å². The Hall–Kier alpha value is -2.44. The van der Waals surface area contributed by atoms with Gasteiger partial charge in [0, 0.05) is 26.6 Å². The number of piperidine rings is 1. The molecule has 0 radical (unpaired) electrons. The molecule has 0 bridgehead atoms. The Morgan fingerprint density at radius 1 is 1.19 bits per heavy atom. The van der Waals surface area contributed by atoms with Gasteiger partial charge < -0.3 is 14.9 Å². The van der Waals surface area contributed by atoms with E-state index in [1.807, 2.05) is 0 Å². The summed E-state index contributed by atoms with van der Waals surface area (Å²) in [4.78, 5) is 40.0. The van der Waals surface area contributed by atoms with Crippen molar-refractivity contribution >= 4 is 17.8 Å². The van der Waals surface area contributed by atoms with Gasteiger partial charge in [-0.3, -0.25) is 14.4 Å². The third-order valence-corrected chi connectivity index (χ3v) is 6.67. The molecule has 1 saturated carbocycles. The van der Waals surface area contributed by atoms with Gasteiger partial charge in [0.25, 0.3) is 0 Å². The molecule has 144 valence electrons. The van der Waals surface area contributed by atoms with E-state index >= 15 is 0 Å². The molecule has 3 atom stereocenters. The van der Waals surface area contributed by atoms with Crippen molar-refractivity contribution in [1.82, 2.24) is 9.80 Å². The monoisotopic (exact) mass is 374 g/mol. The number of carboxylic acid groups (broad SMARTS) is 1. The summed E-state index contributed by atoms with van der Waals surface area (Å²) in [5, 5.41) is 9.21. The van der Waals surface area contributed by atoms with Gasteiger partial charge in [0.1, 0.15) is 5.82 Å². The molecule has 3 aliphatic rings. The topological polar surface area (TPSA) is 77.9 Å². The van der Waals surface area contributed by atoms with Gasteiger partial charge in [0.05, 0.1) is 17.9 Å². The number of nitrogens with zero attached hydrogens (tertiary/aromatic N) is 2. The Morgan fingerprint density at radius 3 is 2.37 bits per heavy atom. The lowest BCUT2D eigenvalue weighted by atomic mass is 9.88. The zero-order valence-corrected chi connectivity index (χ0v) is 15.2. The minimum absolute atomic E-state index is 0.0654. The molecule has 7 heteroatoms. The third kappa shape index (κ3) is 2.99. The highest BCUT2D eigenvalue weighted by molar-refractivity contribution is 5.90. The second-order valence-corrected chi connectivity index (χ2v) is 8.09. The second-order valence-electron chi connectivity index (χ2n) is 8.09. The first kappa shape index (κ1) is 17.9. The summed E-state index contributed by atoms with van der Waals surface area (Å²) >= 11 is 0. The van der Waals surface area contributed by atoms with Crippen molar-refractivity contribution < 1.29 is 23.9 Å². The zero-order chi connectivity index (χ0) is 19.3. The van der Waals surface area contributed by atoms with Crippen LogP contribution in [0.3, 0.4) is 0 Å². The van der Waals surface area contributed by atoms with Crippen molar-refractivity contribution in [3.8, 4) is 0 Å².